The van der Waals surface area contributed by atoms with Crippen molar-refractivity contribution in [1.29, 1.82) is 0 Å². The Kier molecular flexibility index (Phi) is 8.73. The third kappa shape index (κ3) is 7.29. The minimum Gasteiger partial charge on any atom is -0.457 e. The molecule has 35 heavy (non-hydrogen) atoms. The zero-order valence-electron chi connectivity index (χ0n) is 19.3. The highest BCUT2D eigenvalue weighted by atomic mass is 35.5. The Balaban J connectivity index is 1.45. The lowest BCUT2D eigenvalue weighted by atomic mass is 10.2. The van der Waals surface area contributed by atoms with Crippen LogP contribution in [-0.2, 0) is 9.53 Å². The number of benzene rings is 2. The molecule has 0 atom stereocenters. The number of morpholine rings is 1. The molecule has 1 aliphatic rings. The number of furan rings is 1. The second kappa shape index (κ2) is 12.4. The number of rotatable bonds is 9. The number of nitrogens with one attached hydrogen (secondary N) is 2. The molecule has 1 fully saturated rings. The summed E-state index contributed by atoms with van der Waals surface area (Å²) in [7, 11) is 0. The lowest BCUT2D eigenvalue weighted by Gasteiger charge is -2.26. The van der Waals surface area contributed by atoms with Crippen LogP contribution in [0.4, 0.5) is 0 Å². The second-order valence-corrected chi connectivity index (χ2v) is 8.59. The van der Waals surface area contributed by atoms with Gasteiger partial charge in [0, 0.05) is 41.9 Å². The zero-order valence-corrected chi connectivity index (χ0v) is 20.1. The van der Waals surface area contributed by atoms with Crippen LogP contribution in [0.1, 0.15) is 22.5 Å². The van der Waals surface area contributed by atoms with Gasteiger partial charge in [-0.15, -0.1) is 0 Å². The maximum atomic E-state index is 13.0. The highest BCUT2D eigenvalue weighted by molar-refractivity contribution is 6.30. The number of carbonyl (C=O) groups excluding carboxylic acids is 2. The van der Waals surface area contributed by atoms with Gasteiger partial charge in [0.1, 0.15) is 17.2 Å². The molecule has 0 bridgehead atoms. The molecule has 0 saturated carbocycles. The molecule has 0 unspecified atom stereocenters. The molecule has 3 aromatic rings. The average Bonchev–Trinajstić information content (AvgIpc) is 3.36. The number of amides is 2. The molecule has 8 heteroatoms. The van der Waals surface area contributed by atoms with Crippen molar-refractivity contribution in [1.82, 2.24) is 15.5 Å². The predicted octanol–water partition coefficient (Wildman–Crippen LogP) is 4.21. The number of nitrogens with zero attached hydrogens (tertiary/aromatic N) is 1. The van der Waals surface area contributed by atoms with Crippen LogP contribution < -0.4 is 10.6 Å². The van der Waals surface area contributed by atoms with Gasteiger partial charge < -0.3 is 19.8 Å². The van der Waals surface area contributed by atoms with Gasteiger partial charge in [0.25, 0.3) is 11.8 Å². The lowest BCUT2D eigenvalue weighted by molar-refractivity contribution is -0.117. The molecule has 0 aliphatic carbocycles. The van der Waals surface area contributed by atoms with E-state index >= 15 is 0 Å². The summed E-state index contributed by atoms with van der Waals surface area (Å²) >= 11 is 5.97. The first-order chi connectivity index (χ1) is 17.1. The Bertz CT molecular complexity index is 1150. The van der Waals surface area contributed by atoms with Crippen LogP contribution in [0.15, 0.2) is 76.8 Å². The van der Waals surface area contributed by atoms with Crippen LogP contribution in [0.2, 0.25) is 5.02 Å². The zero-order chi connectivity index (χ0) is 24.5. The minimum atomic E-state index is -0.374. The predicted molar refractivity (Wildman–Crippen MR) is 136 cm³/mol. The van der Waals surface area contributed by atoms with Crippen molar-refractivity contribution in [2.45, 2.75) is 6.42 Å². The van der Waals surface area contributed by atoms with Gasteiger partial charge in [-0.2, -0.15) is 0 Å². The van der Waals surface area contributed by atoms with Gasteiger partial charge in [-0.3, -0.25) is 14.5 Å². The quantitative estimate of drug-likeness (QED) is 0.344. The van der Waals surface area contributed by atoms with Gasteiger partial charge >= 0.3 is 0 Å². The molecule has 2 amide bonds. The molecule has 0 radical (unpaired) electrons. The number of hydrogen-bond donors (Lipinski definition) is 2. The van der Waals surface area contributed by atoms with Crippen molar-refractivity contribution in [3.05, 3.63) is 88.8 Å². The van der Waals surface area contributed by atoms with Crippen molar-refractivity contribution in [2.24, 2.45) is 0 Å². The van der Waals surface area contributed by atoms with Gasteiger partial charge in [-0.05, 0) is 61.5 Å². The first-order valence-electron chi connectivity index (χ1n) is 11.6. The first kappa shape index (κ1) is 24.7. The fourth-order valence-electron chi connectivity index (χ4n) is 3.71. The SMILES string of the molecule is O=C(NCCCN1CCOCC1)/C(=C/c1ccc(-c2ccc(Cl)cc2)o1)NC(=O)c1ccccc1. The van der Waals surface area contributed by atoms with E-state index in [1.54, 1.807) is 42.5 Å². The van der Waals surface area contributed by atoms with E-state index in [0.717, 1.165) is 44.8 Å². The highest BCUT2D eigenvalue weighted by Crippen LogP contribution is 2.24. The normalized spacial score (nSPS) is 14.5. The molecule has 1 aromatic heterocycles. The molecule has 2 aromatic carbocycles. The van der Waals surface area contributed by atoms with E-state index in [1.165, 1.54) is 6.08 Å². The van der Waals surface area contributed by atoms with Crippen molar-refractivity contribution in [3.63, 3.8) is 0 Å². The number of carbonyl (C=O) groups is 2. The molecule has 0 spiro atoms. The van der Waals surface area contributed by atoms with Gasteiger partial charge in [-0.25, -0.2) is 0 Å². The second-order valence-electron chi connectivity index (χ2n) is 8.15. The Hall–Kier alpha value is -3.39. The summed E-state index contributed by atoms with van der Waals surface area (Å²) in [5.74, 6) is 0.333. The van der Waals surface area contributed by atoms with E-state index in [4.69, 9.17) is 20.8 Å². The highest BCUT2D eigenvalue weighted by Gasteiger charge is 2.16. The number of ether oxygens (including phenoxy) is 1. The first-order valence-corrected chi connectivity index (χ1v) is 12.0. The van der Waals surface area contributed by atoms with Crippen molar-refractivity contribution in [3.8, 4) is 11.3 Å². The van der Waals surface area contributed by atoms with E-state index in [0.29, 0.717) is 28.7 Å². The molecule has 4 rings (SSSR count). The lowest BCUT2D eigenvalue weighted by Crippen LogP contribution is -2.39. The number of halogens is 1. The van der Waals surface area contributed by atoms with Crippen LogP contribution in [-0.4, -0.2) is 56.1 Å². The minimum absolute atomic E-state index is 0.113. The van der Waals surface area contributed by atoms with E-state index < -0.39 is 0 Å². The summed E-state index contributed by atoms with van der Waals surface area (Å²) in [4.78, 5) is 28.1. The van der Waals surface area contributed by atoms with Gasteiger partial charge in [-0.1, -0.05) is 29.8 Å². The summed E-state index contributed by atoms with van der Waals surface area (Å²) in [5.41, 5.74) is 1.43. The number of hydrogen-bond acceptors (Lipinski definition) is 5. The molecule has 1 saturated heterocycles. The molecule has 2 heterocycles. The summed E-state index contributed by atoms with van der Waals surface area (Å²) in [6.07, 6.45) is 2.34. The topological polar surface area (TPSA) is 83.8 Å². The van der Waals surface area contributed by atoms with E-state index in [2.05, 4.69) is 15.5 Å². The monoisotopic (exact) mass is 493 g/mol. The molecule has 7 nitrogen and oxygen atoms in total. The summed E-state index contributed by atoms with van der Waals surface area (Å²) < 4.78 is 11.3. The Morgan fingerprint density at radius 3 is 2.46 bits per heavy atom. The molecular weight excluding hydrogens is 466 g/mol. The fraction of sp³-hybridized carbons (Fsp3) is 0.259. The van der Waals surface area contributed by atoms with Crippen LogP contribution in [0.25, 0.3) is 17.4 Å². The van der Waals surface area contributed by atoms with E-state index in [-0.39, 0.29) is 17.5 Å². The Morgan fingerprint density at radius 1 is 0.971 bits per heavy atom. The molecular formula is C27H28ClN3O4. The molecule has 182 valence electrons. The van der Waals surface area contributed by atoms with Crippen LogP contribution >= 0.6 is 11.6 Å². The van der Waals surface area contributed by atoms with Crippen LogP contribution in [0.3, 0.4) is 0 Å². The molecule has 2 N–H and O–H groups in total. The summed E-state index contributed by atoms with van der Waals surface area (Å²) in [5, 5.41) is 6.28. The summed E-state index contributed by atoms with van der Waals surface area (Å²) in [6, 6.07) is 19.6. The fourth-order valence-corrected chi connectivity index (χ4v) is 3.83. The van der Waals surface area contributed by atoms with Gasteiger partial charge in [0.15, 0.2) is 0 Å². The molecule has 1 aliphatic heterocycles. The third-order valence-corrected chi connectivity index (χ3v) is 5.86. The smallest absolute Gasteiger partial charge is 0.267 e. The van der Waals surface area contributed by atoms with Gasteiger partial charge in [0.05, 0.1) is 13.2 Å². The van der Waals surface area contributed by atoms with Crippen molar-refractivity contribution < 1.29 is 18.7 Å². The maximum absolute atomic E-state index is 13.0. The van der Waals surface area contributed by atoms with Crippen molar-refractivity contribution in [2.75, 3.05) is 39.4 Å². The third-order valence-electron chi connectivity index (χ3n) is 5.61. The van der Waals surface area contributed by atoms with Crippen LogP contribution in [0.5, 0.6) is 0 Å². The van der Waals surface area contributed by atoms with E-state index in [1.807, 2.05) is 24.3 Å². The van der Waals surface area contributed by atoms with E-state index in [9.17, 15) is 9.59 Å². The standard InChI is InChI=1S/C27H28ClN3O4/c28-22-9-7-20(8-10-22)25-12-11-23(35-25)19-24(30-26(32)21-5-2-1-3-6-21)27(33)29-13-4-14-31-15-17-34-18-16-31/h1-3,5-12,19H,4,13-18H2,(H,29,33)(H,30,32)/b24-19-. The van der Waals surface area contributed by atoms with Crippen LogP contribution in [0, 0.1) is 0 Å². The maximum Gasteiger partial charge on any atom is 0.267 e. The Labute approximate surface area is 209 Å². The Morgan fingerprint density at radius 2 is 1.71 bits per heavy atom. The summed E-state index contributed by atoms with van der Waals surface area (Å²) in [6.45, 7) is 4.66. The van der Waals surface area contributed by atoms with Gasteiger partial charge in [0.2, 0.25) is 0 Å². The largest absolute Gasteiger partial charge is 0.457 e. The van der Waals surface area contributed by atoms with Crippen molar-refractivity contribution >= 4 is 29.5 Å². The average molecular weight is 494 g/mol.